The molecule has 0 unspecified atom stereocenters. The highest BCUT2D eigenvalue weighted by Gasteiger charge is 2.06. The summed E-state index contributed by atoms with van der Waals surface area (Å²) in [7, 11) is 0. The van der Waals surface area contributed by atoms with Crippen LogP contribution in [0.4, 0.5) is 5.69 Å². The molecule has 1 aromatic heterocycles. The number of aromatic amines is 1. The van der Waals surface area contributed by atoms with E-state index in [4.69, 9.17) is 5.73 Å². The summed E-state index contributed by atoms with van der Waals surface area (Å²) >= 11 is 0. The first-order chi connectivity index (χ1) is 7.84. The zero-order chi connectivity index (χ0) is 11.0. The van der Waals surface area contributed by atoms with E-state index in [-0.39, 0.29) is 0 Å². The molecule has 0 aliphatic rings. The van der Waals surface area contributed by atoms with Crippen molar-refractivity contribution >= 4 is 16.6 Å². The molecule has 0 spiro atoms. The lowest BCUT2D eigenvalue weighted by Crippen LogP contribution is -1.87. The molecular formula is C13H11N3. The molecule has 3 rings (SSSR count). The second-order valence-electron chi connectivity index (χ2n) is 3.77. The molecule has 0 saturated heterocycles. The first kappa shape index (κ1) is 8.97. The van der Waals surface area contributed by atoms with Crippen molar-refractivity contribution in [3.05, 3.63) is 48.7 Å². The van der Waals surface area contributed by atoms with Crippen molar-refractivity contribution in [2.24, 2.45) is 0 Å². The van der Waals surface area contributed by atoms with E-state index in [1.807, 2.05) is 30.3 Å². The van der Waals surface area contributed by atoms with Gasteiger partial charge in [0.2, 0.25) is 0 Å². The van der Waals surface area contributed by atoms with E-state index in [1.54, 1.807) is 6.20 Å². The fourth-order valence-electron chi connectivity index (χ4n) is 1.93. The van der Waals surface area contributed by atoms with Crippen LogP contribution in [0.5, 0.6) is 0 Å². The number of nitrogens with one attached hydrogen (secondary N) is 1. The minimum absolute atomic E-state index is 0.757. The molecule has 3 N–H and O–H groups in total. The molecule has 0 aliphatic heterocycles. The average molecular weight is 209 g/mol. The number of fused-ring (bicyclic) bond motifs is 1. The molecule has 0 bridgehead atoms. The van der Waals surface area contributed by atoms with E-state index in [0.717, 1.165) is 27.7 Å². The molecule has 3 aromatic rings. The van der Waals surface area contributed by atoms with Gasteiger partial charge in [0.25, 0.3) is 0 Å². The van der Waals surface area contributed by atoms with E-state index in [1.165, 1.54) is 0 Å². The molecule has 0 saturated carbocycles. The van der Waals surface area contributed by atoms with Crippen LogP contribution in [-0.2, 0) is 0 Å². The molecule has 0 radical (unpaired) electrons. The summed E-state index contributed by atoms with van der Waals surface area (Å²) in [6, 6.07) is 14.0. The predicted octanol–water partition coefficient (Wildman–Crippen LogP) is 2.81. The third-order valence-electron chi connectivity index (χ3n) is 2.66. The lowest BCUT2D eigenvalue weighted by Gasteiger charge is -2.04. The van der Waals surface area contributed by atoms with Crippen molar-refractivity contribution in [3.8, 4) is 11.1 Å². The van der Waals surface area contributed by atoms with Crippen molar-refractivity contribution in [1.82, 2.24) is 10.2 Å². The van der Waals surface area contributed by atoms with Gasteiger partial charge in [0.15, 0.2) is 0 Å². The second-order valence-corrected chi connectivity index (χ2v) is 3.77. The van der Waals surface area contributed by atoms with Gasteiger partial charge < -0.3 is 5.73 Å². The Labute approximate surface area is 92.9 Å². The Morgan fingerprint density at radius 3 is 2.69 bits per heavy atom. The normalized spacial score (nSPS) is 10.8. The van der Waals surface area contributed by atoms with E-state index >= 15 is 0 Å². The SMILES string of the molecule is Nc1cc(-c2ccccc2)c2[nH]ncc2c1. The lowest BCUT2D eigenvalue weighted by molar-refractivity contribution is 1.12. The Bertz CT molecular complexity index is 626. The zero-order valence-electron chi connectivity index (χ0n) is 8.64. The van der Waals surface area contributed by atoms with Crippen LogP contribution in [-0.4, -0.2) is 10.2 Å². The van der Waals surface area contributed by atoms with Gasteiger partial charge in [0, 0.05) is 16.6 Å². The van der Waals surface area contributed by atoms with Crippen LogP contribution < -0.4 is 5.73 Å². The highest BCUT2D eigenvalue weighted by Crippen LogP contribution is 2.29. The lowest BCUT2D eigenvalue weighted by atomic mass is 10.0. The highest BCUT2D eigenvalue weighted by atomic mass is 15.1. The number of H-pyrrole nitrogens is 1. The maximum atomic E-state index is 5.88. The first-order valence-electron chi connectivity index (χ1n) is 5.12. The van der Waals surface area contributed by atoms with Crippen molar-refractivity contribution in [2.45, 2.75) is 0 Å². The van der Waals surface area contributed by atoms with Crippen LogP contribution in [0.1, 0.15) is 0 Å². The van der Waals surface area contributed by atoms with Gasteiger partial charge in [-0.3, -0.25) is 5.10 Å². The molecule has 0 aliphatic carbocycles. The second kappa shape index (κ2) is 3.38. The molecular weight excluding hydrogens is 198 g/mol. The summed E-state index contributed by atoms with van der Waals surface area (Å²) in [6.45, 7) is 0. The van der Waals surface area contributed by atoms with E-state index < -0.39 is 0 Å². The Morgan fingerprint density at radius 1 is 1.06 bits per heavy atom. The Balaban J connectivity index is 2.34. The quantitative estimate of drug-likeness (QED) is 0.605. The molecule has 2 aromatic carbocycles. The van der Waals surface area contributed by atoms with Crippen LogP contribution in [0.15, 0.2) is 48.7 Å². The van der Waals surface area contributed by atoms with Gasteiger partial charge >= 0.3 is 0 Å². The third-order valence-corrected chi connectivity index (χ3v) is 2.66. The molecule has 16 heavy (non-hydrogen) atoms. The summed E-state index contributed by atoms with van der Waals surface area (Å²) in [4.78, 5) is 0. The molecule has 1 heterocycles. The monoisotopic (exact) mass is 209 g/mol. The van der Waals surface area contributed by atoms with Gasteiger partial charge in [-0.1, -0.05) is 30.3 Å². The number of hydrogen-bond donors (Lipinski definition) is 2. The smallest absolute Gasteiger partial charge is 0.0730 e. The van der Waals surface area contributed by atoms with Crippen molar-refractivity contribution in [1.29, 1.82) is 0 Å². The minimum atomic E-state index is 0.757. The number of anilines is 1. The highest BCUT2D eigenvalue weighted by molar-refractivity contribution is 5.95. The van der Waals surface area contributed by atoms with E-state index in [2.05, 4.69) is 22.3 Å². The number of benzene rings is 2. The maximum absolute atomic E-state index is 5.88. The first-order valence-corrected chi connectivity index (χ1v) is 5.12. The fourth-order valence-corrected chi connectivity index (χ4v) is 1.93. The van der Waals surface area contributed by atoms with Gasteiger partial charge in [-0.05, 0) is 17.7 Å². The van der Waals surface area contributed by atoms with Gasteiger partial charge in [0.05, 0.1) is 11.7 Å². The van der Waals surface area contributed by atoms with Gasteiger partial charge in [-0.2, -0.15) is 5.10 Å². The van der Waals surface area contributed by atoms with Crippen molar-refractivity contribution in [2.75, 3.05) is 5.73 Å². The Morgan fingerprint density at radius 2 is 1.88 bits per heavy atom. The molecule has 0 amide bonds. The van der Waals surface area contributed by atoms with E-state index in [0.29, 0.717) is 0 Å². The summed E-state index contributed by atoms with van der Waals surface area (Å²) in [5, 5.41) is 8.10. The maximum Gasteiger partial charge on any atom is 0.0730 e. The van der Waals surface area contributed by atoms with Crippen LogP contribution in [0.3, 0.4) is 0 Å². The molecule has 0 atom stereocenters. The van der Waals surface area contributed by atoms with Crippen molar-refractivity contribution in [3.63, 3.8) is 0 Å². The number of rotatable bonds is 1. The van der Waals surface area contributed by atoms with Crippen LogP contribution in [0.2, 0.25) is 0 Å². The number of aromatic nitrogens is 2. The van der Waals surface area contributed by atoms with Gasteiger partial charge in [-0.25, -0.2) is 0 Å². The number of nitrogens with two attached hydrogens (primary N) is 1. The standard InChI is InChI=1S/C13H11N3/c14-11-6-10-8-15-16-13(10)12(7-11)9-4-2-1-3-5-9/h1-8H,14H2,(H,15,16). The zero-order valence-corrected chi connectivity index (χ0v) is 8.64. The summed E-state index contributed by atoms with van der Waals surface area (Å²) in [5.41, 5.74) is 9.90. The number of hydrogen-bond acceptors (Lipinski definition) is 2. The fraction of sp³-hybridized carbons (Fsp3) is 0. The summed E-state index contributed by atoms with van der Waals surface area (Å²) in [5.74, 6) is 0. The Kier molecular flexibility index (Phi) is 1.90. The topological polar surface area (TPSA) is 54.7 Å². The summed E-state index contributed by atoms with van der Waals surface area (Å²) in [6.07, 6.45) is 1.79. The molecule has 0 fully saturated rings. The van der Waals surface area contributed by atoms with E-state index in [9.17, 15) is 0 Å². The largest absolute Gasteiger partial charge is 0.399 e. The average Bonchev–Trinajstić information content (AvgIpc) is 2.77. The predicted molar refractivity (Wildman–Crippen MR) is 65.9 cm³/mol. The Hall–Kier alpha value is -2.29. The minimum Gasteiger partial charge on any atom is -0.399 e. The van der Waals surface area contributed by atoms with Crippen LogP contribution in [0.25, 0.3) is 22.0 Å². The molecule has 78 valence electrons. The third kappa shape index (κ3) is 1.34. The summed E-state index contributed by atoms with van der Waals surface area (Å²) < 4.78 is 0. The van der Waals surface area contributed by atoms with Crippen molar-refractivity contribution < 1.29 is 0 Å². The van der Waals surface area contributed by atoms with Crippen LogP contribution >= 0.6 is 0 Å². The molecule has 3 heteroatoms. The van der Waals surface area contributed by atoms with Crippen LogP contribution in [0, 0.1) is 0 Å². The van der Waals surface area contributed by atoms with Gasteiger partial charge in [-0.15, -0.1) is 0 Å². The number of nitrogens with zero attached hydrogens (tertiary/aromatic N) is 1. The number of nitrogen functional groups attached to an aromatic ring is 1. The van der Waals surface area contributed by atoms with Gasteiger partial charge in [0.1, 0.15) is 0 Å². The molecule has 3 nitrogen and oxygen atoms in total.